The van der Waals surface area contributed by atoms with Crippen molar-refractivity contribution in [1.82, 2.24) is 14.8 Å². The van der Waals surface area contributed by atoms with E-state index in [9.17, 15) is 0 Å². The lowest BCUT2D eigenvalue weighted by atomic mass is 10.3. The predicted octanol–water partition coefficient (Wildman–Crippen LogP) is 1.57. The van der Waals surface area contributed by atoms with Crippen LogP contribution in [0.4, 0.5) is 0 Å². The first-order valence-electron chi connectivity index (χ1n) is 5.87. The Kier molecular flexibility index (Phi) is 3.97. The van der Waals surface area contributed by atoms with Gasteiger partial charge in [0.25, 0.3) is 0 Å². The molecule has 2 aromatic heterocycles. The Bertz CT molecular complexity index is 579. The van der Waals surface area contributed by atoms with Gasteiger partial charge in [-0.05, 0) is 18.6 Å². The molecule has 7 heteroatoms. The maximum Gasteiger partial charge on any atom is 0.192 e. The molecule has 19 heavy (non-hydrogen) atoms. The van der Waals surface area contributed by atoms with Gasteiger partial charge in [0.05, 0.1) is 12.4 Å². The van der Waals surface area contributed by atoms with Crippen LogP contribution in [-0.4, -0.2) is 25.8 Å². The molecule has 0 amide bonds. The molecule has 3 N–H and O–H groups in total. The maximum absolute atomic E-state index is 8.70. The summed E-state index contributed by atoms with van der Waals surface area (Å²) < 4.78 is 7.43. The van der Waals surface area contributed by atoms with Crippen molar-refractivity contribution in [2.75, 3.05) is 0 Å². The van der Waals surface area contributed by atoms with Gasteiger partial charge in [0.2, 0.25) is 0 Å². The van der Waals surface area contributed by atoms with Crippen LogP contribution in [0.15, 0.2) is 35.9 Å². The van der Waals surface area contributed by atoms with Crippen LogP contribution in [0.1, 0.15) is 19.0 Å². The molecule has 2 heterocycles. The number of nitrogens with zero attached hydrogens (tertiary/aromatic N) is 4. The first-order valence-corrected chi connectivity index (χ1v) is 5.87. The number of pyridine rings is 1. The highest BCUT2D eigenvalue weighted by Gasteiger charge is 2.11. The average molecular weight is 261 g/mol. The molecule has 0 aromatic carbocycles. The van der Waals surface area contributed by atoms with Gasteiger partial charge in [-0.25, -0.2) is 4.98 Å². The molecule has 0 atom stereocenters. The molecular formula is C12H15N5O2. The number of amidine groups is 1. The molecule has 0 saturated heterocycles. The van der Waals surface area contributed by atoms with Crippen molar-refractivity contribution in [3.05, 3.63) is 36.4 Å². The molecule has 0 unspecified atom stereocenters. The van der Waals surface area contributed by atoms with Gasteiger partial charge in [0.1, 0.15) is 0 Å². The summed E-state index contributed by atoms with van der Waals surface area (Å²) in [7, 11) is 0. The van der Waals surface area contributed by atoms with E-state index in [1.165, 1.54) is 0 Å². The van der Waals surface area contributed by atoms with Crippen LogP contribution in [0.25, 0.3) is 0 Å². The minimum Gasteiger partial charge on any atom is -0.452 e. The van der Waals surface area contributed by atoms with Gasteiger partial charge >= 0.3 is 0 Å². The lowest BCUT2D eigenvalue weighted by Crippen LogP contribution is -2.15. The van der Waals surface area contributed by atoms with E-state index in [-0.39, 0.29) is 11.5 Å². The number of nitrogens with two attached hydrogens (primary N) is 1. The molecule has 2 aromatic rings. The van der Waals surface area contributed by atoms with E-state index >= 15 is 0 Å². The maximum atomic E-state index is 8.70. The topological polar surface area (TPSA) is 98.6 Å². The standard InChI is InChI=1S/C12H15N5O2/c1-2-6-17-8-9(7-15-17)19-10-4-3-5-14-11(10)12(13)16-18/h3-5,7-8,18H,2,6H2,1H3,(H2,13,16). The van der Waals surface area contributed by atoms with Crippen molar-refractivity contribution in [1.29, 1.82) is 0 Å². The van der Waals surface area contributed by atoms with Crippen LogP contribution < -0.4 is 10.5 Å². The van der Waals surface area contributed by atoms with Crippen LogP contribution in [-0.2, 0) is 6.54 Å². The molecule has 7 nitrogen and oxygen atoms in total. The van der Waals surface area contributed by atoms with Crippen molar-refractivity contribution in [3.8, 4) is 11.5 Å². The monoisotopic (exact) mass is 261 g/mol. The van der Waals surface area contributed by atoms with E-state index in [1.807, 2.05) is 0 Å². The Balaban J connectivity index is 2.22. The predicted molar refractivity (Wildman–Crippen MR) is 69.3 cm³/mol. The summed E-state index contributed by atoms with van der Waals surface area (Å²) in [6.45, 7) is 2.89. The summed E-state index contributed by atoms with van der Waals surface area (Å²) in [5.74, 6) is 0.888. The zero-order chi connectivity index (χ0) is 13.7. The van der Waals surface area contributed by atoms with E-state index < -0.39 is 0 Å². The normalized spacial score (nSPS) is 11.5. The van der Waals surface area contributed by atoms with E-state index in [1.54, 1.807) is 35.4 Å². The quantitative estimate of drug-likeness (QED) is 0.368. The van der Waals surface area contributed by atoms with Crippen LogP contribution in [0, 0.1) is 0 Å². The smallest absolute Gasteiger partial charge is 0.192 e. The van der Waals surface area contributed by atoms with E-state index in [4.69, 9.17) is 15.7 Å². The summed E-state index contributed by atoms with van der Waals surface area (Å²) in [5.41, 5.74) is 5.82. The fraction of sp³-hybridized carbons (Fsp3) is 0.250. The average Bonchev–Trinajstić information content (AvgIpc) is 2.86. The molecular weight excluding hydrogens is 246 g/mol. The van der Waals surface area contributed by atoms with E-state index in [0.29, 0.717) is 11.5 Å². The summed E-state index contributed by atoms with van der Waals surface area (Å²) in [6.07, 6.45) is 5.93. The highest BCUT2D eigenvalue weighted by molar-refractivity contribution is 5.97. The van der Waals surface area contributed by atoms with Crippen LogP contribution in [0.5, 0.6) is 11.5 Å². The third kappa shape index (κ3) is 3.01. The molecule has 0 bridgehead atoms. The summed E-state index contributed by atoms with van der Waals surface area (Å²) in [5, 5.41) is 15.8. The number of ether oxygens (including phenoxy) is 1. The molecule has 2 rings (SSSR count). The van der Waals surface area contributed by atoms with Crippen molar-refractivity contribution in [2.45, 2.75) is 19.9 Å². The minimum absolute atomic E-state index is 0.100. The number of aryl methyl sites for hydroxylation is 1. The zero-order valence-corrected chi connectivity index (χ0v) is 10.5. The molecule has 100 valence electrons. The number of oxime groups is 1. The summed E-state index contributed by atoms with van der Waals surface area (Å²) >= 11 is 0. The van der Waals surface area contributed by atoms with Crippen molar-refractivity contribution < 1.29 is 9.94 Å². The zero-order valence-electron chi connectivity index (χ0n) is 10.5. The fourth-order valence-electron chi connectivity index (χ4n) is 1.59. The summed E-state index contributed by atoms with van der Waals surface area (Å²) in [6, 6.07) is 3.40. The van der Waals surface area contributed by atoms with Gasteiger partial charge < -0.3 is 15.7 Å². The Morgan fingerprint density at radius 3 is 3.16 bits per heavy atom. The molecule has 0 fully saturated rings. The SMILES string of the molecule is CCCn1cc(Oc2cccnc2/C(N)=N/O)cn1. The fourth-order valence-corrected chi connectivity index (χ4v) is 1.59. The van der Waals surface area contributed by atoms with E-state index in [0.717, 1.165) is 13.0 Å². The number of rotatable bonds is 5. The molecule has 0 saturated carbocycles. The number of aromatic nitrogens is 3. The van der Waals surface area contributed by atoms with Crippen molar-refractivity contribution in [3.63, 3.8) is 0 Å². The largest absolute Gasteiger partial charge is 0.452 e. The first-order chi connectivity index (χ1) is 9.24. The van der Waals surface area contributed by atoms with Crippen LogP contribution in [0.2, 0.25) is 0 Å². The Morgan fingerprint density at radius 1 is 1.58 bits per heavy atom. The number of hydrogen-bond donors (Lipinski definition) is 2. The lowest BCUT2D eigenvalue weighted by Gasteiger charge is -2.06. The van der Waals surface area contributed by atoms with Gasteiger partial charge in [0, 0.05) is 12.7 Å². The van der Waals surface area contributed by atoms with Gasteiger partial charge in [-0.2, -0.15) is 5.10 Å². The molecule has 0 aliphatic heterocycles. The molecule has 0 spiro atoms. The van der Waals surface area contributed by atoms with Gasteiger partial charge in [-0.15, -0.1) is 0 Å². The second kappa shape index (κ2) is 5.85. The molecule has 0 radical (unpaired) electrons. The molecule has 0 aliphatic rings. The molecule has 0 aliphatic carbocycles. The first kappa shape index (κ1) is 12.9. The van der Waals surface area contributed by atoms with Gasteiger partial charge in [-0.1, -0.05) is 12.1 Å². The third-order valence-corrected chi connectivity index (χ3v) is 2.41. The van der Waals surface area contributed by atoms with Crippen LogP contribution in [0.3, 0.4) is 0 Å². The Morgan fingerprint density at radius 2 is 2.42 bits per heavy atom. The highest BCUT2D eigenvalue weighted by Crippen LogP contribution is 2.23. The van der Waals surface area contributed by atoms with Crippen LogP contribution >= 0.6 is 0 Å². The van der Waals surface area contributed by atoms with Gasteiger partial charge in [0.15, 0.2) is 23.0 Å². The van der Waals surface area contributed by atoms with E-state index in [2.05, 4.69) is 22.2 Å². The van der Waals surface area contributed by atoms with Crippen molar-refractivity contribution >= 4 is 5.84 Å². The highest BCUT2D eigenvalue weighted by atomic mass is 16.5. The van der Waals surface area contributed by atoms with Crippen molar-refractivity contribution in [2.24, 2.45) is 10.9 Å². The lowest BCUT2D eigenvalue weighted by molar-refractivity contribution is 0.318. The van der Waals surface area contributed by atoms with Gasteiger partial charge in [-0.3, -0.25) is 4.68 Å². The summed E-state index contributed by atoms with van der Waals surface area (Å²) in [4.78, 5) is 4.02. The second-order valence-electron chi connectivity index (χ2n) is 3.88. The second-order valence-corrected chi connectivity index (χ2v) is 3.88. The Hall–Kier alpha value is -2.57. The minimum atomic E-state index is -0.100. The Labute approximate surface area is 110 Å². The third-order valence-electron chi connectivity index (χ3n) is 2.41. The number of hydrogen-bond acceptors (Lipinski definition) is 5.